The highest BCUT2D eigenvalue weighted by Gasteiger charge is 2.26. The van der Waals surface area contributed by atoms with E-state index in [0.29, 0.717) is 5.56 Å². The van der Waals surface area contributed by atoms with E-state index in [0.717, 1.165) is 5.56 Å². The lowest BCUT2D eigenvalue weighted by Gasteiger charge is -2.25. The van der Waals surface area contributed by atoms with Crippen molar-refractivity contribution in [1.29, 1.82) is 0 Å². The first kappa shape index (κ1) is 20.4. The van der Waals surface area contributed by atoms with Crippen LogP contribution < -0.4 is 4.18 Å². The third kappa shape index (κ3) is 5.52. The second kappa shape index (κ2) is 7.73. The van der Waals surface area contributed by atoms with Gasteiger partial charge in [0.2, 0.25) is 0 Å². The Bertz CT molecular complexity index is 866. The summed E-state index contributed by atoms with van der Waals surface area (Å²) < 4.78 is 35.8. The molecule has 26 heavy (non-hydrogen) atoms. The van der Waals surface area contributed by atoms with Gasteiger partial charge in [0.1, 0.15) is 16.7 Å². The van der Waals surface area contributed by atoms with Crippen LogP contribution in [0.2, 0.25) is 19.6 Å². The van der Waals surface area contributed by atoms with Crippen molar-refractivity contribution in [3.8, 4) is 5.75 Å². The van der Waals surface area contributed by atoms with E-state index in [1.165, 1.54) is 31.2 Å². The number of hydrogen-bond donors (Lipinski definition) is 0. The first-order valence-corrected chi connectivity index (χ1v) is 13.1. The number of Topliss-reactive ketones (excluding diaryl/α,β-unsaturated/α-hetero) is 1. The third-order valence-electron chi connectivity index (χ3n) is 3.54. The van der Waals surface area contributed by atoms with Gasteiger partial charge in [0.25, 0.3) is 0 Å². The Morgan fingerprint density at radius 1 is 0.962 bits per heavy atom. The lowest BCUT2D eigenvalue weighted by molar-refractivity contribution is -0.124. The van der Waals surface area contributed by atoms with Crippen LogP contribution in [0.15, 0.2) is 53.4 Å². The maximum atomic E-state index is 12.3. The van der Waals surface area contributed by atoms with Gasteiger partial charge in [-0.15, -0.1) is 0 Å². The Balaban J connectivity index is 2.20. The third-order valence-corrected chi connectivity index (χ3v) is 5.74. The zero-order chi connectivity index (χ0) is 19.5. The van der Waals surface area contributed by atoms with Crippen LogP contribution >= 0.6 is 0 Å². The Labute approximate surface area is 156 Å². The van der Waals surface area contributed by atoms with Crippen LogP contribution in [0.5, 0.6) is 5.75 Å². The van der Waals surface area contributed by atoms with Crippen LogP contribution in [0.4, 0.5) is 0 Å². The Hall–Kier alpha value is -1.96. The molecule has 0 heterocycles. The van der Waals surface area contributed by atoms with Crippen molar-refractivity contribution >= 4 is 24.2 Å². The van der Waals surface area contributed by atoms with Gasteiger partial charge >= 0.3 is 10.1 Å². The monoisotopic (exact) mass is 392 g/mol. The molecule has 140 valence electrons. The zero-order valence-corrected chi connectivity index (χ0v) is 17.5. The lowest BCUT2D eigenvalue weighted by atomic mass is 10.1. The summed E-state index contributed by atoms with van der Waals surface area (Å²) in [6.45, 7) is 9.39. The minimum Gasteiger partial charge on any atom is -0.404 e. The number of hydrogen-bond acceptors (Lipinski definition) is 5. The molecule has 0 N–H and O–H groups in total. The first-order valence-electron chi connectivity index (χ1n) is 8.27. The summed E-state index contributed by atoms with van der Waals surface area (Å²) in [5, 5.41) is 0. The Morgan fingerprint density at radius 3 is 1.96 bits per heavy atom. The Kier molecular flexibility index (Phi) is 6.05. The van der Waals surface area contributed by atoms with Crippen molar-refractivity contribution in [3.63, 3.8) is 0 Å². The van der Waals surface area contributed by atoms with Gasteiger partial charge < -0.3 is 8.61 Å². The van der Waals surface area contributed by atoms with Crippen LogP contribution in [-0.2, 0) is 19.3 Å². The molecule has 2 aromatic rings. The molecule has 0 aliphatic rings. The molecular formula is C19H24O5SSi. The fourth-order valence-corrected chi connectivity index (χ4v) is 4.26. The molecule has 0 amide bonds. The first-order chi connectivity index (χ1) is 12.0. The largest absolute Gasteiger partial charge is 0.404 e. The average molecular weight is 393 g/mol. The highest BCUT2D eigenvalue weighted by Crippen LogP contribution is 2.26. The molecule has 5 nitrogen and oxygen atoms in total. The van der Waals surface area contributed by atoms with Gasteiger partial charge in [-0.1, -0.05) is 29.8 Å². The molecule has 0 spiro atoms. The van der Waals surface area contributed by atoms with Crippen LogP contribution in [0.3, 0.4) is 0 Å². The van der Waals surface area contributed by atoms with Gasteiger partial charge in [0.05, 0.1) is 0 Å². The summed E-state index contributed by atoms with van der Waals surface area (Å²) in [5.41, 5.74) is 1.64. The van der Waals surface area contributed by atoms with E-state index in [4.69, 9.17) is 8.61 Å². The molecule has 0 aliphatic carbocycles. The summed E-state index contributed by atoms with van der Waals surface area (Å²) in [6.07, 6.45) is -0.649. The molecule has 0 saturated heterocycles. The molecule has 0 aliphatic heterocycles. The molecular weight excluding hydrogens is 368 g/mol. The van der Waals surface area contributed by atoms with Crippen LogP contribution in [0.1, 0.15) is 24.2 Å². The molecule has 2 rings (SSSR count). The van der Waals surface area contributed by atoms with Crippen molar-refractivity contribution in [2.45, 2.75) is 44.5 Å². The molecule has 7 heteroatoms. The maximum absolute atomic E-state index is 12.3. The van der Waals surface area contributed by atoms with Crippen molar-refractivity contribution in [2.24, 2.45) is 0 Å². The number of ketones is 1. The molecule has 0 saturated carbocycles. The fourth-order valence-electron chi connectivity index (χ4n) is 2.32. The predicted molar refractivity (Wildman–Crippen MR) is 103 cm³/mol. The lowest BCUT2D eigenvalue weighted by Crippen LogP contribution is -2.30. The summed E-state index contributed by atoms with van der Waals surface area (Å²) in [5.74, 6) is 0.0954. The van der Waals surface area contributed by atoms with E-state index in [1.54, 1.807) is 24.3 Å². The van der Waals surface area contributed by atoms with Gasteiger partial charge in [0, 0.05) is 0 Å². The molecule has 0 radical (unpaired) electrons. The van der Waals surface area contributed by atoms with Gasteiger partial charge in [0.15, 0.2) is 14.1 Å². The number of carbonyl (C=O) groups is 1. The number of aryl methyl sites for hydroxylation is 1. The van der Waals surface area contributed by atoms with Crippen LogP contribution in [-0.4, -0.2) is 22.5 Å². The van der Waals surface area contributed by atoms with E-state index < -0.39 is 24.5 Å². The van der Waals surface area contributed by atoms with Crippen molar-refractivity contribution in [2.75, 3.05) is 0 Å². The summed E-state index contributed by atoms with van der Waals surface area (Å²) in [4.78, 5) is 12.0. The fraction of sp³-hybridized carbons (Fsp3) is 0.316. The highest BCUT2D eigenvalue weighted by atomic mass is 32.2. The second-order valence-corrected chi connectivity index (χ2v) is 13.1. The number of carbonyl (C=O) groups excluding carboxylic acids is 1. The quantitative estimate of drug-likeness (QED) is 0.520. The summed E-state index contributed by atoms with van der Waals surface area (Å²) >= 11 is 0. The van der Waals surface area contributed by atoms with Crippen molar-refractivity contribution in [1.82, 2.24) is 0 Å². The van der Waals surface area contributed by atoms with E-state index in [-0.39, 0.29) is 16.4 Å². The van der Waals surface area contributed by atoms with E-state index in [2.05, 4.69) is 0 Å². The van der Waals surface area contributed by atoms with Gasteiger partial charge in [-0.25, -0.2) is 0 Å². The van der Waals surface area contributed by atoms with Crippen molar-refractivity contribution < 1.29 is 21.8 Å². The van der Waals surface area contributed by atoms with Gasteiger partial charge in [-0.3, -0.25) is 4.79 Å². The van der Waals surface area contributed by atoms with E-state index >= 15 is 0 Å². The summed E-state index contributed by atoms with van der Waals surface area (Å²) in [6, 6.07) is 12.8. The smallest absolute Gasteiger partial charge is 0.339 e. The predicted octanol–water partition coefficient (Wildman–Crippen LogP) is 4.24. The van der Waals surface area contributed by atoms with Crippen LogP contribution in [0.25, 0.3) is 0 Å². The number of benzene rings is 2. The maximum Gasteiger partial charge on any atom is 0.339 e. The molecule has 1 atom stereocenters. The normalized spacial score (nSPS) is 13.3. The topological polar surface area (TPSA) is 69.7 Å². The molecule has 0 aromatic heterocycles. The molecule has 2 aromatic carbocycles. The Morgan fingerprint density at radius 2 is 1.50 bits per heavy atom. The van der Waals surface area contributed by atoms with E-state index in [1.807, 2.05) is 26.6 Å². The van der Waals surface area contributed by atoms with Gasteiger partial charge in [-0.05, 0) is 63.3 Å². The van der Waals surface area contributed by atoms with Crippen molar-refractivity contribution in [3.05, 3.63) is 59.7 Å². The van der Waals surface area contributed by atoms with E-state index in [9.17, 15) is 13.2 Å². The van der Waals surface area contributed by atoms with Crippen LogP contribution in [0, 0.1) is 6.92 Å². The van der Waals surface area contributed by atoms with Gasteiger partial charge in [-0.2, -0.15) is 8.42 Å². The molecule has 0 fully saturated rings. The standard InChI is InChI=1S/C19H24O5SSi/c1-14-6-12-18(13-7-14)25(21,22)23-17-10-8-16(9-11-17)19(15(2)20)24-26(3,4)5/h6-13,19H,1-5H3. The molecule has 0 bridgehead atoms. The second-order valence-electron chi connectivity index (χ2n) is 7.14. The zero-order valence-electron chi connectivity index (χ0n) is 15.6. The average Bonchev–Trinajstić information content (AvgIpc) is 2.52. The minimum absolute atomic E-state index is 0.0895. The highest BCUT2D eigenvalue weighted by molar-refractivity contribution is 7.87. The SMILES string of the molecule is CC(=O)C(O[Si](C)(C)C)c1ccc(OS(=O)(=O)c2ccc(C)cc2)cc1. The summed E-state index contributed by atoms with van der Waals surface area (Å²) in [7, 11) is -5.81. The molecule has 1 unspecified atom stereocenters. The number of rotatable bonds is 7. The minimum atomic E-state index is -3.90.